The average Bonchev–Trinajstić information content (AvgIpc) is 2.21. The maximum atomic E-state index is 13.7. The van der Waals surface area contributed by atoms with Crippen molar-refractivity contribution in [3.63, 3.8) is 0 Å². The molecule has 1 rings (SSSR count). The number of rotatable bonds is 3. The van der Waals surface area contributed by atoms with E-state index in [0.29, 0.717) is 5.75 Å². The van der Waals surface area contributed by atoms with Gasteiger partial charge in [0.15, 0.2) is 11.5 Å². The van der Waals surface area contributed by atoms with E-state index in [1.165, 1.54) is 27.2 Å². The van der Waals surface area contributed by atoms with E-state index in [1.54, 1.807) is 0 Å². The van der Waals surface area contributed by atoms with E-state index in [-0.39, 0.29) is 15.8 Å². The van der Waals surface area contributed by atoms with Gasteiger partial charge in [-0.15, -0.1) is 0 Å². The summed E-state index contributed by atoms with van der Waals surface area (Å²) in [6.07, 6.45) is -0.902. The topological polar surface area (TPSA) is 38.7 Å². The summed E-state index contributed by atoms with van der Waals surface area (Å²) >= 11 is 3.06. The van der Waals surface area contributed by atoms with E-state index in [1.807, 2.05) is 0 Å². The van der Waals surface area contributed by atoms with E-state index in [2.05, 4.69) is 15.9 Å². The molecule has 0 bridgehead atoms. The summed E-state index contributed by atoms with van der Waals surface area (Å²) in [6, 6.07) is 1.42. The number of ether oxygens (including phenoxy) is 2. The molecule has 0 aliphatic heterocycles. The molecular weight excluding hydrogens is 267 g/mol. The molecule has 0 spiro atoms. The second kappa shape index (κ2) is 4.81. The Bertz CT molecular complexity index is 366. The maximum Gasteiger partial charge on any atom is 0.177 e. The van der Waals surface area contributed by atoms with Gasteiger partial charge in [-0.1, -0.05) is 0 Å². The van der Waals surface area contributed by atoms with Gasteiger partial charge in [-0.25, -0.2) is 4.39 Å². The molecule has 0 aromatic heterocycles. The lowest BCUT2D eigenvalue weighted by Gasteiger charge is -2.14. The van der Waals surface area contributed by atoms with Crippen molar-refractivity contribution in [3.05, 3.63) is 21.9 Å². The molecule has 0 aliphatic rings. The van der Waals surface area contributed by atoms with E-state index in [0.717, 1.165) is 0 Å². The standard InChI is InChI=1S/C10H12BrFO3/c1-5(13)6-4-7(14-2)10(15-3)8(11)9(6)12/h4-5,13H,1-3H3. The van der Waals surface area contributed by atoms with E-state index in [4.69, 9.17) is 9.47 Å². The molecule has 1 aromatic carbocycles. The molecule has 1 N–H and O–H groups in total. The molecular formula is C10H12BrFO3. The average molecular weight is 279 g/mol. The summed E-state index contributed by atoms with van der Waals surface area (Å²) in [5.74, 6) is 0.115. The van der Waals surface area contributed by atoms with Gasteiger partial charge >= 0.3 is 0 Å². The molecule has 0 saturated heterocycles. The van der Waals surface area contributed by atoms with Crippen molar-refractivity contribution in [1.82, 2.24) is 0 Å². The Morgan fingerprint density at radius 3 is 2.40 bits per heavy atom. The summed E-state index contributed by atoms with van der Waals surface area (Å²) in [5.41, 5.74) is 0.166. The van der Waals surface area contributed by atoms with Crippen molar-refractivity contribution in [2.45, 2.75) is 13.0 Å². The number of halogens is 2. The van der Waals surface area contributed by atoms with Gasteiger partial charge in [0.25, 0.3) is 0 Å². The highest BCUT2D eigenvalue weighted by molar-refractivity contribution is 9.10. The fraction of sp³-hybridized carbons (Fsp3) is 0.400. The van der Waals surface area contributed by atoms with Gasteiger partial charge < -0.3 is 14.6 Å². The Morgan fingerprint density at radius 2 is 2.00 bits per heavy atom. The van der Waals surface area contributed by atoms with Gasteiger partial charge in [0.2, 0.25) is 0 Å². The first-order chi connectivity index (χ1) is 7.02. The summed E-state index contributed by atoms with van der Waals surface area (Å²) in [6.45, 7) is 1.48. The highest BCUT2D eigenvalue weighted by Crippen LogP contribution is 2.40. The van der Waals surface area contributed by atoms with Crippen LogP contribution in [0.3, 0.4) is 0 Å². The second-order valence-electron chi connectivity index (χ2n) is 3.01. The Kier molecular flexibility index (Phi) is 3.93. The Labute approximate surface area is 95.9 Å². The molecule has 3 nitrogen and oxygen atoms in total. The molecule has 1 unspecified atom stereocenters. The minimum atomic E-state index is -0.902. The zero-order valence-electron chi connectivity index (χ0n) is 8.67. The third-order valence-corrected chi connectivity index (χ3v) is 2.74. The van der Waals surface area contributed by atoms with Gasteiger partial charge in [-0.05, 0) is 28.9 Å². The number of methoxy groups -OCH3 is 2. The number of aliphatic hydroxyl groups is 1. The zero-order valence-corrected chi connectivity index (χ0v) is 10.3. The minimum Gasteiger partial charge on any atom is -0.493 e. The van der Waals surface area contributed by atoms with Crippen LogP contribution in [0.2, 0.25) is 0 Å². The lowest BCUT2D eigenvalue weighted by atomic mass is 10.1. The third kappa shape index (κ3) is 2.23. The lowest BCUT2D eigenvalue weighted by Crippen LogP contribution is -2.01. The van der Waals surface area contributed by atoms with Gasteiger partial charge in [-0.3, -0.25) is 0 Å². The second-order valence-corrected chi connectivity index (χ2v) is 3.80. The van der Waals surface area contributed by atoms with Crippen LogP contribution in [0.5, 0.6) is 11.5 Å². The summed E-state index contributed by atoms with van der Waals surface area (Å²) in [5, 5.41) is 9.36. The molecule has 0 radical (unpaired) electrons. The van der Waals surface area contributed by atoms with Crippen molar-refractivity contribution in [2.75, 3.05) is 14.2 Å². The molecule has 1 aromatic rings. The molecule has 84 valence electrons. The fourth-order valence-electron chi connectivity index (χ4n) is 1.25. The first-order valence-electron chi connectivity index (χ1n) is 4.30. The SMILES string of the molecule is COc1cc(C(C)O)c(F)c(Br)c1OC. The molecule has 0 saturated carbocycles. The number of hydrogen-bond donors (Lipinski definition) is 1. The normalized spacial score (nSPS) is 12.4. The quantitative estimate of drug-likeness (QED) is 0.924. The zero-order chi connectivity index (χ0) is 11.6. The molecule has 1 atom stereocenters. The van der Waals surface area contributed by atoms with Crippen LogP contribution in [0.1, 0.15) is 18.6 Å². The van der Waals surface area contributed by atoms with Crippen LogP contribution in [-0.4, -0.2) is 19.3 Å². The van der Waals surface area contributed by atoms with Gasteiger partial charge in [0, 0.05) is 5.56 Å². The molecule has 0 fully saturated rings. The third-order valence-electron chi connectivity index (χ3n) is 2.03. The van der Waals surface area contributed by atoms with E-state index >= 15 is 0 Å². The van der Waals surface area contributed by atoms with Crippen molar-refractivity contribution in [3.8, 4) is 11.5 Å². The van der Waals surface area contributed by atoms with Crippen LogP contribution in [0.25, 0.3) is 0 Å². The fourth-order valence-corrected chi connectivity index (χ4v) is 1.84. The Hall–Kier alpha value is -0.810. The molecule has 5 heteroatoms. The maximum absolute atomic E-state index is 13.7. The van der Waals surface area contributed by atoms with Crippen LogP contribution in [0.15, 0.2) is 10.5 Å². The van der Waals surface area contributed by atoms with E-state index in [9.17, 15) is 9.50 Å². The van der Waals surface area contributed by atoms with Crippen molar-refractivity contribution < 1.29 is 19.0 Å². The van der Waals surface area contributed by atoms with Gasteiger partial charge in [0.1, 0.15) is 5.82 Å². The Morgan fingerprint density at radius 1 is 1.40 bits per heavy atom. The summed E-state index contributed by atoms with van der Waals surface area (Å²) in [4.78, 5) is 0. The highest BCUT2D eigenvalue weighted by atomic mass is 79.9. The van der Waals surface area contributed by atoms with Gasteiger partial charge in [0.05, 0.1) is 24.8 Å². The largest absolute Gasteiger partial charge is 0.493 e. The highest BCUT2D eigenvalue weighted by Gasteiger charge is 2.20. The predicted octanol–water partition coefficient (Wildman–Crippen LogP) is 2.66. The Balaban J connectivity index is 3.42. The van der Waals surface area contributed by atoms with Crippen LogP contribution in [0.4, 0.5) is 4.39 Å². The number of benzene rings is 1. The van der Waals surface area contributed by atoms with Crippen LogP contribution in [0, 0.1) is 5.82 Å². The molecule has 0 aliphatic carbocycles. The monoisotopic (exact) mass is 278 g/mol. The van der Waals surface area contributed by atoms with Crippen molar-refractivity contribution >= 4 is 15.9 Å². The number of aliphatic hydroxyl groups excluding tert-OH is 1. The first-order valence-corrected chi connectivity index (χ1v) is 5.10. The van der Waals surface area contributed by atoms with E-state index < -0.39 is 11.9 Å². The van der Waals surface area contributed by atoms with Crippen LogP contribution >= 0.6 is 15.9 Å². The molecule has 0 amide bonds. The summed E-state index contributed by atoms with van der Waals surface area (Å²) < 4.78 is 23.8. The number of hydrogen-bond acceptors (Lipinski definition) is 3. The molecule has 0 heterocycles. The molecule has 15 heavy (non-hydrogen) atoms. The van der Waals surface area contributed by atoms with Gasteiger partial charge in [-0.2, -0.15) is 0 Å². The smallest absolute Gasteiger partial charge is 0.177 e. The summed E-state index contributed by atoms with van der Waals surface area (Å²) in [7, 11) is 2.87. The van der Waals surface area contributed by atoms with Crippen LogP contribution < -0.4 is 9.47 Å². The first kappa shape index (κ1) is 12.3. The predicted molar refractivity (Wildman–Crippen MR) is 57.8 cm³/mol. The van der Waals surface area contributed by atoms with Crippen molar-refractivity contribution in [1.29, 1.82) is 0 Å². The van der Waals surface area contributed by atoms with Crippen LogP contribution in [-0.2, 0) is 0 Å². The van der Waals surface area contributed by atoms with Crippen molar-refractivity contribution in [2.24, 2.45) is 0 Å². The lowest BCUT2D eigenvalue weighted by molar-refractivity contribution is 0.193. The minimum absolute atomic E-state index is 0.153.